The lowest BCUT2D eigenvalue weighted by molar-refractivity contribution is 0.447. The summed E-state index contributed by atoms with van der Waals surface area (Å²) in [5.41, 5.74) is 1.36. The summed E-state index contributed by atoms with van der Waals surface area (Å²) in [7, 11) is 0. The minimum absolute atomic E-state index is 0.0203. The van der Waals surface area contributed by atoms with Gasteiger partial charge in [0.2, 0.25) is 5.16 Å². The van der Waals surface area contributed by atoms with Gasteiger partial charge in [0, 0.05) is 5.56 Å². The van der Waals surface area contributed by atoms with E-state index in [4.69, 9.17) is 4.42 Å². The third-order valence-electron chi connectivity index (χ3n) is 4.70. The number of para-hydroxylation sites is 1. The molecule has 1 N–H and O–H groups in total. The molecule has 0 saturated carbocycles. The summed E-state index contributed by atoms with van der Waals surface area (Å²) >= 11 is 0.952. The molecule has 32 heavy (non-hydrogen) atoms. The molecular formula is C24H16N4O3S. The van der Waals surface area contributed by atoms with E-state index in [0.29, 0.717) is 22.0 Å². The molecule has 3 aromatic carbocycles. The predicted molar refractivity (Wildman–Crippen MR) is 123 cm³/mol. The summed E-state index contributed by atoms with van der Waals surface area (Å²) in [6.07, 6.45) is 1.68. The monoisotopic (exact) mass is 440 g/mol. The zero-order chi connectivity index (χ0) is 21.9. The van der Waals surface area contributed by atoms with Crippen LogP contribution in [0.1, 0.15) is 5.56 Å². The van der Waals surface area contributed by atoms with Crippen LogP contribution in [0.25, 0.3) is 22.4 Å². The number of aromatic nitrogens is 3. The predicted octanol–water partition coefficient (Wildman–Crippen LogP) is 4.79. The van der Waals surface area contributed by atoms with E-state index in [1.165, 1.54) is 0 Å². The van der Waals surface area contributed by atoms with Crippen molar-refractivity contribution in [2.75, 3.05) is 0 Å². The fourth-order valence-corrected chi connectivity index (χ4v) is 3.98. The second-order valence-corrected chi connectivity index (χ2v) is 7.78. The Morgan fingerprint density at radius 1 is 0.906 bits per heavy atom. The van der Waals surface area contributed by atoms with Gasteiger partial charge in [-0.3, -0.25) is 0 Å². The molecule has 0 unspecified atom stereocenters. The Morgan fingerprint density at radius 2 is 1.59 bits per heavy atom. The molecule has 0 atom stereocenters. The number of aromatic hydroxyl groups is 1. The van der Waals surface area contributed by atoms with E-state index in [1.807, 2.05) is 60.7 Å². The molecule has 156 valence electrons. The van der Waals surface area contributed by atoms with Crippen LogP contribution in [-0.4, -0.2) is 26.2 Å². The largest absolute Gasteiger partial charge is 0.506 e. The first kappa shape index (κ1) is 19.8. The summed E-state index contributed by atoms with van der Waals surface area (Å²) in [4.78, 5) is 12.6. The number of rotatable bonds is 5. The van der Waals surface area contributed by atoms with Crippen molar-refractivity contribution in [1.82, 2.24) is 14.9 Å². The molecule has 0 bridgehead atoms. The fourth-order valence-electron chi connectivity index (χ4n) is 3.16. The maximum atomic E-state index is 12.6. The maximum Gasteiger partial charge on any atom is 0.354 e. The fraction of sp³-hybridized carbons (Fsp3) is 0. The molecule has 8 heteroatoms. The van der Waals surface area contributed by atoms with E-state index in [-0.39, 0.29) is 10.6 Å². The van der Waals surface area contributed by atoms with Crippen LogP contribution in [-0.2, 0) is 0 Å². The lowest BCUT2D eigenvalue weighted by atomic mass is 10.2. The summed E-state index contributed by atoms with van der Waals surface area (Å²) in [6, 6.07) is 25.9. The van der Waals surface area contributed by atoms with E-state index >= 15 is 0 Å². The number of fused-ring (bicyclic) bond motifs is 1. The van der Waals surface area contributed by atoms with Crippen LogP contribution in [0.15, 0.2) is 109 Å². The molecule has 0 aliphatic carbocycles. The van der Waals surface area contributed by atoms with Gasteiger partial charge in [-0.25, -0.2) is 4.79 Å². The molecule has 2 aromatic heterocycles. The zero-order valence-corrected chi connectivity index (χ0v) is 17.4. The molecule has 0 aliphatic heterocycles. The minimum Gasteiger partial charge on any atom is -0.506 e. The maximum absolute atomic E-state index is 12.6. The van der Waals surface area contributed by atoms with Gasteiger partial charge < -0.3 is 9.52 Å². The molecule has 0 amide bonds. The molecule has 7 nitrogen and oxygen atoms in total. The Hall–Kier alpha value is -4.17. The third kappa shape index (κ3) is 3.79. The smallest absolute Gasteiger partial charge is 0.354 e. The van der Waals surface area contributed by atoms with Crippen LogP contribution in [0, 0.1) is 0 Å². The topological polar surface area (TPSA) is 93.5 Å². The van der Waals surface area contributed by atoms with Gasteiger partial charge in [0.25, 0.3) is 0 Å². The molecule has 0 aliphatic rings. The Kier molecular flexibility index (Phi) is 5.27. The van der Waals surface area contributed by atoms with E-state index < -0.39 is 5.63 Å². The third-order valence-corrected chi connectivity index (χ3v) is 5.71. The highest BCUT2D eigenvalue weighted by Gasteiger charge is 2.21. The molecule has 2 heterocycles. The lowest BCUT2D eigenvalue weighted by Gasteiger charge is -2.07. The van der Waals surface area contributed by atoms with Crippen molar-refractivity contribution < 1.29 is 9.52 Å². The summed E-state index contributed by atoms with van der Waals surface area (Å²) < 4.78 is 6.92. The second kappa shape index (κ2) is 8.52. The van der Waals surface area contributed by atoms with Crippen LogP contribution in [0.3, 0.4) is 0 Å². The van der Waals surface area contributed by atoms with Crippen molar-refractivity contribution in [2.24, 2.45) is 5.10 Å². The van der Waals surface area contributed by atoms with Crippen molar-refractivity contribution >= 4 is 28.9 Å². The van der Waals surface area contributed by atoms with E-state index in [9.17, 15) is 9.90 Å². The standard InChI is InChI=1S/C24H16N4O3S/c29-20-18-13-7-8-14-19(18)31-23(30)21(20)32-24-27-26-22(17-11-5-2-6-12-17)28(24)25-15-16-9-3-1-4-10-16/h1-15,29H. The van der Waals surface area contributed by atoms with Gasteiger partial charge in [-0.15, -0.1) is 10.2 Å². The first-order valence-corrected chi connectivity index (χ1v) is 10.6. The van der Waals surface area contributed by atoms with E-state index in [0.717, 1.165) is 22.9 Å². The Morgan fingerprint density at radius 3 is 2.38 bits per heavy atom. The van der Waals surface area contributed by atoms with Gasteiger partial charge in [0.05, 0.1) is 11.6 Å². The number of hydrogen-bond donors (Lipinski definition) is 1. The van der Waals surface area contributed by atoms with Crippen LogP contribution in [0.2, 0.25) is 0 Å². The molecule has 0 fully saturated rings. The number of nitrogens with zero attached hydrogens (tertiary/aromatic N) is 4. The average molecular weight is 440 g/mol. The van der Waals surface area contributed by atoms with Crippen LogP contribution >= 0.6 is 11.8 Å². The summed E-state index contributed by atoms with van der Waals surface area (Å²) in [5.74, 6) is 0.342. The second-order valence-electron chi connectivity index (χ2n) is 6.80. The van der Waals surface area contributed by atoms with Gasteiger partial charge in [-0.2, -0.15) is 9.78 Å². The minimum atomic E-state index is -0.658. The van der Waals surface area contributed by atoms with Crippen LogP contribution < -0.4 is 5.63 Å². The van der Waals surface area contributed by atoms with Crippen molar-refractivity contribution in [3.63, 3.8) is 0 Å². The summed E-state index contributed by atoms with van der Waals surface area (Å²) in [5, 5.41) is 24.6. The van der Waals surface area contributed by atoms with E-state index in [1.54, 1.807) is 35.2 Å². The Balaban J connectivity index is 1.62. The van der Waals surface area contributed by atoms with Crippen LogP contribution in [0.5, 0.6) is 5.75 Å². The first-order chi connectivity index (χ1) is 15.7. The average Bonchev–Trinajstić information content (AvgIpc) is 3.24. The van der Waals surface area contributed by atoms with Crippen molar-refractivity contribution in [3.8, 4) is 17.1 Å². The van der Waals surface area contributed by atoms with Gasteiger partial charge in [0.1, 0.15) is 16.2 Å². The van der Waals surface area contributed by atoms with Gasteiger partial charge >= 0.3 is 5.63 Å². The SMILES string of the molecule is O=c1oc2ccccc2c(O)c1Sc1nnc(-c2ccccc2)n1N=Cc1ccccc1. The molecular weight excluding hydrogens is 424 g/mol. The Bertz CT molecular complexity index is 1480. The van der Waals surface area contributed by atoms with Gasteiger partial charge in [0.15, 0.2) is 5.82 Å². The zero-order valence-electron chi connectivity index (χ0n) is 16.6. The molecule has 0 radical (unpaired) electrons. The van der Waals surface area contributed by atoms with Crippen molar-refractivity contribution in [2.45, 2.75) is 10.1 Å². The van der Waals surface area contributed by atoms with Crippen LogP contribution in [0.4, 0.5) is 0 Å². The van der Waals surface area contributed by atoms with Gasteiger partial charge in [-0.05, 0) is 29.5 Å². The van der Waals surface area contributed by atoms with Gasteiger partial charge in [-0.1, -0.05) is 72.8 Å². The first-order valence-electron chi connectivity index (χ1n) is 9.73. The highest BCUT2D eigenvalue weighted by molar-refractivity contribution is 7.99. The highest BCUT2D eigenvalue weighted by Crippen LogP contribution is 2.36. The number of hydrogen-bond acceptors (Lipinski definition) is 7. The highest BCUT2D eigenvalue weighted by atomic mass is 32.2. The molecule has 0 saturated heterocycles. The molecule has 5 aromatic rings. The molecule has 0 spiro atoms. The van der Waals surface area contributed by atoms with Crippen molar-refractivity contribution in [3.05, 3.63) is 101 Å². The summed E-state index contributed by atoms with van der Waals surface area (Å²) in [6.45, 7) is 0. The number of benzene rings is 3. The van der Waals surface area contributed by atoms with Crippen molar-refractivity contribution in [1.29, 1.82) is 0 Å². The molecule has 5 rings (SSSR count). The lowest BCUT2D eigenvalue weighted by Crippen LogP contribution is -2.04. The Labute approximate surface area is 186 Å². The quantitative estimate of drug-likeness (QED) is 0.312. The van der Waals surface area contributed by atoms with E-state index in [2.05, 4.69) is 15.3 Å². The normalized spacial score (nSPS) is 11.4.